The SMILES string of the molecule is O=C(NCc1ccc(N2CCOCC2)nc1)[C@H]1CCc2nc[nH]c2C1. The van der Waals surface area contributed by atoms with Crippen molar-refractivity contribution in [3.05, 3.63) is 41.6 Å². The lowest BCUT2D eigenvalue weighted by Gasteiger charge is -2.27. The Morgan fingerprint density at radius 3 is 3.00 bits per heavy atom. The average Bonchev–Trinajstić information content (AvgIpc) is 3.15. The van der Waals surface area contributed by atoms with E-state index in [4.69, 9.17) is 4.74 Å². The molecule has 0 aromatic carbocycles. The van der Waals surface area contributed by atoms with Crippen LogP contribution in [0.5, 0.6) is 0 Å². The molecule has 2 N–H and O–H groups in total. The van der Waals surface area contributed by atoms with E-state index in [1.807, 2.05) is 18.3 Å². The summed E-state index contributed by atoms with van der Waals surface area (Å²) in [6.45, 7) is 3.76. The summed E-state index contributed by atoms with van der Waals surface area (Å²) < 4.78 is 5.36. The maximum Gasteiger partial charge on any atom is 0.223 e. The number of hydrogen-bond donors (Lipinski definition) is 2. The van der Waals surface area contributed by atoms with Crippen molar-refractivity contribution >= 4 is 11.7 Å². The number of aromatic amines is 1. The molecular formula is C18H23N5O2. The number of nitrogens with one attached hydrogen (secondary N) is 2. The Morgan fingerprint density at radius 1 is 1.32 bits per heavy atom. The van der Waals surface area contributed by atoms with E-state index in [0.29, 0.717) is 6.54 Å². The molecule has 4 rings (SSSR count). The Bertz CT molecular complexity index is 721. The first-order valence-corrected chi connectivity index (χ1v) is 8.86. The van der Waals surface area contributed by atoms with Gasteiger partial charge in [0.25, 0.3) is 0 Å². The van der Waals surface area contributed by atoms with E-state index >= 15 is 0 Å². The highest BCUT2D eigenvalue weighted by atomic mass is 16.5. The van der Waals surface area contributed by atoms with Crippen LogP contribution in [0.4, 0.5) is 5.82 Å². The van der Waals surface area contributed by atoms with E-state index in [0.717, 1.165) is 68.3 Å². The van der Waals surface area contributed by atoms with Crippen molar-refractivity contribution in [3.8, 4) is 0 Å². The molecule has 1 saturated heterocycles. The van der Waals surface area contributed by atoms with Crippen LogP contribution in [0.25, 0.3) is 0 Å². The number of rotatable bonds is 4. The molecule has 1 atom stereocenters. The van der Waals surface area contributed by atoms with Crippen LogP contribution >= 0.6 is 0 Å². The van der Waals surface area contributed by atoms with Gasteiger partial charge in [-0.15, -0.1) is 0 Å². The van der Waals surface area contributed by atoms with Gasteiger partial charge in [0.15, 0.2) is 0 Å². The molecule has 0 spiro atoms. The third-order valence-electron chi connectivity index (χ3n) is 4.97. The molecule has 132 valence electrons. The molecule has 1 aliphatic heterocycles. The van der Waals surface area contributed by atoms with E-state index in [2.05, 4.69) is 25.2 Å². The third kappa shape index (κ3) is 3.66. The minimum Gasteiger partial charge on any atom is -0.378 e. The normalized spacial score (nSPS) is 20.2. The van der Waals surface area contributed by atoms with Gasteiger partial charge < -0.3 is 19.9 Å². The molecule has 7 nitrogen and oxygen atoms in total. The Labute approximate surface area is 146 Å². The lowest BCUT2D eigenvalue weighted by Crippen LogP contribution is -2.36. The molecule has 0 unspecified atom stereocenters. The monoisotopic (exact) mass is 341 g/mol. The van der Waals surface area contributed by atoms with Crippen LogP contribution in [0.3, 0.4) is 0 Å². The number of H-pyrrole nitrogens is 1. The predicted octanol–water partition coefficient (Wildman–Crippen LogP) is 1.06. The second-order valence-electron chi connectivity index (χ2n) is 6.61. The van der Waals surface area contributed by atoms with Crippen LogP contribution in [-0.2, 0) is 28.9 Å². The third-order valence-corrected chi connectivity index (χ3v) is 4.97. The minimum atomic E-state index is 0.0218. The molecule has 1 aliphatic carbocycles. The van der Waals surface area contributed by atoms with Gasteiger partial charge in [-0.05, 0) is 24.5 Å². The maximum atomic E-state index is 12.4. The average molecular weight is 341 g/mol. The standard InChI is InChI=1S/C18H23N5O2/c24-18(14-2-3-15-16(9-14)22-12-21-15)20-11-13-1-4-17(19-10-13)23-5-7-25-8-6-23/h1,4,10,12,14H,2-3,5-9,11H2,(H,20,24)(H,21,22)/t14-/m0/s1. The number of pyridine rings is 1. The van der Waals surface area contributed by atoms with E-state index in [9.17, 15) is 4.79 Å². The first-order valence-electron chi connectivity index (χ1n) is 8.86. The van der Waals surface area contributed by atoms with Gasteiger partial charge in [0.1, 0.15) is 5.82 Å². The van der Waals surface area contributed by atoms with Gasteiger partial charge in [-0.1, -0.05) is 6.07 Å². The summed E-state index contributed by atoms with van der Waals surface area (Å²) in [5.74, 6) is 1.10. The molecule has 2 aliphatic rings. The van der Waals surface area contributed by atoms with E-state index in [-0.39, 0.29) is 11.8 Å². The van der Waals surface area contributed by atoms with Crippen molar-refractivity contribution in [2.24, 2.45) is 5.92 Å². The number of ether oxygens (including phenoxy) is 1. The van der Waals surface area contributed by atoms with Gasteiger partial charge in [-0.2, -0.15) is 0 Å². The molecule has 25 heavy (non-hydrogen) atoms. The number of amides is 1. The maximum absolute atomic E-state index is 12.4. The highest BCUT2D eigenvalue weighted by Crippen LogP contribution is 2.23. The summed E-state index contributed by atoms with van der Waals surface area (Å²) in [4.78, 5) is 26.6. The zero-order valence-electron chi connectivity index (χ0n) is 14.2. The Kier molecular flexibility index (Phi) is 4.65. The number of aryl methyl sites for hydroxylation is 1. The Hall–Kier alpha value is -2.41. The molecule has 2 aromatic rings. The van der Waals surface area contributed by atoms with Crippen molar-refractivity contribution in [2.45, 2.75) is 25.8 Å². The first-order chi connectivity index (χ1) is 12.3. The van der Waals surface area contributed by atoms with Crippen LogP contribution in [-0.4, -0.2) is 47.2 Å². The molecule has 1 fully saturated rings. The van der Waals surface area contributed by atoms with Gasteiger partial charge >= 0.3 is 0 Å². The smallest absolute Gasteiger partial charge is 0.223 e. The second-order valence-corrected chi connectivity index (χ2v) is 6.61. The van der Waals surface area contributed by atoms with Gasteiger partial charge in [-0.25, -0.2) is 9.97 Å². The second kappa shape index (κ2) is 7.23. The summed E-state index contributed by atoms with van der Waals surface area (Å²) >= 11 is 0. The Balaban J connectivity index is 1.30. The van der Waals surface area contributed by atoms with E-state index in [1.165, 1.54) is 0 Å². The Morgan fingerprint density at radius 2 is 2.20 bits per heavy atom. The summed E-state index contributed by atoms with van der Waals surface area (Å²) in [5.41, 5.74) is 3.22. The van der Waals surface area contributed by atoms with Crippen LogP contribution in [0, 0.1) is 5.92 Å². The zero-order valence-corrected chi connectivity index (χ0v) is 14.2. The molecule has 2 aromatic heterocycles. The van der Waals surface area contributed by atoms with Crippen molar-refractivity contribution in [3.63, 3.8) is 0 Å². The summed E-state index contributed by atoms with van der Waals surface area (Å²) in [6, 6.07) is 4.05. The fourth-order valence-corrected chi connectivity index (χ4v) is 3.46. The molecule has 3 heterocycles. The largest absolute Gasteiger partial charge is 0.378 e. The van der Waals surface area contributed by atoms with Crippen molar-refractivity contribution in [1.29, 1.82) is 0 Å². The molecular weight excluding hydrogens is 318 g/mol. The van der Waals surface area contributed by atoms with Crippen molar-refractivity contribution < 1.29 is 9.53 Å². The number of hydrogen-bond acceptors (Lipinski definition) is 5. The quantitative estimate of drug-likeness (QED) is 0.869. The van der Waals surface area contributed by atoms with E-state index < -0.39 is 0 Å². The van der Waals surface area contributed by atoms with Crippen LogP contribution in [0.2, 0.25) is 0 Å². The minimum absolute atomic E-state index is 0.0218. The summed E-state index contributed by atoms with van der Waals surface area (Å²) in [7, 11) is 0. The van der Waals surface area contributed by atoms with Gasteiger partial charge in [0, 0.05) is 43.9 Å². The number of anilines is 1. The number of carbonyl (C=O) groups excluding carboxylic acids is 1. The molecule has 0 radical (unpaired) electrons. The van der Waals surface area contributed by atoms with E-state index in [1.54, 1.807) is 6.33 Å². The number of morpholine rings is 1. The topological polar surface area (TPSA) is 83.1 Å². The summed E-state index contributed by atoms with van der Waals surface area (Å²) in [6.07, 6.45) is 6.03. The number of aromatic nitrogens is 3. The van der Waals surface area contributed by atoms with Crippen LogP contribution in [0.15, 0.2) is 24.7 Å². The van der Waals surface area contributed by atoms with Crippen molar-refractivity contribution in [2.75, 3.05) is 31.2 Å². The summed E-state index contributed by atoms with van der Waals surface area (Å²) in [5, 5.41) is 3.04. The number of imidazole rings is 1. The van der Waals surface area contributed by atoms with Crippen LogP contribution in [0.1, 0.15) is 23.4 Å². The highest BCUT2D eigenvalue weighted by Gasteiger charge is 2.25. The number of carbonyl (C=O) groups is 1. The van der Waals surface area contributed by atoms with Gasteiger partial charge in [0.05, 0.1) is 25.2 Å². The number of nitrogens with zero attached hydrogens (tertiary/aromatic N) is 3. The molecule has 1 amide bonds. The van der Waals surface area contributed by atoms with Crippen LogP contribution < -0.4 is 10.2 Å². The van der Waals surface area contributed by atoms with Gasteiger partial charge in [-0.3, -0.25) is 4.79 Å². The lowest BCUT2D eigenvalue weighted by molar-refractivity contribution is -0.125. The van der Waals surface area contributed by atoms with Gasteiger partial charge in [0.2, 0.25) is 5.91 Å². The lowest BCUT2D eigenvalue weighted by atomic mass is 9.89. The predicted molar refractivity (Wildman–Crippen MR) is 93.2 cm³/mol. The highest BCUT2D eigenvalue weighted by molar-refractivity contribution is 5.79. The molecule has 0 bridgehead atoms. The van der Waals surface area contributed by atoms with Crippen molar-refractivity contribution in [1.82, 2.24) is 20.3 Å². The fourth-order valence-electron chi connectivity index (χ4n) is 3.46. The molecule has 7 heteroatoms. The molecule has 0 saturated carbocycles. The zero-order chi connectivity index (χ0) is 17.1. The first kappa shape index (κ1) is 16.1. The number of fused-ring (bicyclic) bond motifs is 1. The fraction of sp³-hybridized carbons (Fsp3) is 0.500.